The lowest BCUT2D eigenvalue weighted by molar-refractivity contribution is -0.140. The summed E-state index contributed by atoms with van der Waals surface area (Å²) >= 11 is 5.59. The minimum absolute atomic E-state index is 0.0394. The van der Waals surface area contributed by atoms with Gasteiger partial charge >= 0.3 is 11.9 Å². The first kappa shape index (κ1) is 13.0. The van der Waals surface area contributed by atoms with E-state index >= 15 is 0 Å². The maximum Gasteiger partial charge on any atom is 0.323 e. The SMILES string of the molecule is O=C(O)CN(CC(=O)O)C(=O)c1cc(Cl)c[nH]1. The molecule has 0 saturated heterocycles. The fraction of sp³-hybridized carbons (Fsp3) is 0.222. The summed E-state index contributed by atoms with van der Waals surface area (Å²) in [6.07, 6.45) is 1.34. The number of amides is 1. The molecule has 92 valence electrons. The molecule has 0 aromatic carbocycles. The number of aromatic nitrogens is 1. The molecule has 7 nitrogen and oxygen atoms in total. The summed E-state index contributed by atoms with van der Waals surface area (Å²) in [5, 5.41) is 17.4. The van der Waals surface area contributed by atoms with Crippen LogP contribution in [0.5, 0.6) is 0 Å². The van der Waals surface area contributed by atoms with E-state index in [4.69, 9.17) is 21.8 Å². The van der Waals surface area contributed by atoms with Gasteiger partial charge in [-0.3, -0.25) is 14.4 Å². The maximum atomic E-state index is 11.7. The number of H-pyrrole nitrogens is 1. The molecule has 0 saturated carbocycles. The Balaban J connectivity index is 2.85. The number of hydrogen-bond donors (Lipinski definition) is 3. The van der Waals surface area contributed by atoms with Crippen molar-refractivity contribution in [2.45, 2.75) is 0 Å². The molecule has 1 heterocycles. The molecule has 0 bridgehead atoms. The third-order valence-electron chi connectivity index (χ3n) is 1.82. The summed E-state index contributed by atoms with van der Waals surface area (Å²) in [7, 11) is 0. The van der Waals surface area contributed by atoms with Crippen LogP contribution in [0.15, 0.2) is 12.3 Å². The fourth-order valence-electron chi connectivity index (χ4n) is 1.19. The molecule has 0 spiro atoms. The predicted octanol–water partition coefficient (Wildman–Crippen LogP) is 0.280. The van der Waals surface area contributed by atoms with Crippen molar-refractivity contribution in [3.63, 3.8) is 0 Å². The normalized spacial score (nSPS) is 9.94. The second kappa shape index (κ2) is 5.35. The van der Waals surface area contributed by atoms with Crippen molar-refractivity contribution in [3.05, 3.63) is 23.0 Å². The molecule has 3 N–H and O–H groups in total. The number of carbonyl (C=O) groups excluding carboxylic acids is 1. The van der Waals surface area contributed by atoms with E-state index in [1.165, 1.54) is 12.3 Å². The van der Waals surface area contributed by atoms with Gasteiger partial charge in [-0.2, -0.15) is 0 Å². The first-order valence-electron chi connectivity index (χ1n) is 4.47. The van der Waals surface area contributed by atoms with Gasteiger partial charge in [-0.25, -0.2) is 0 Å². The highest BCUT2D eigenvalue weighted by molar-refractivity contribution is 6.31. The Kier molecular flexibility index (Phi) is 4.11. The Hall–Kier alpha value is -2.02. The summed E-state index contributed by atoms with van der Waals surface area (Å²) in [5.74, 6) is -3.32. The minimum atomic E-state index is -1.29. The second-order valence-corrected chi connectivity index (χ2v) is 3.62. The van der Waals surface area contributed by atoms with Gasteiger partial charge in [0.2, 0.25) is 0 Å². The Labute approximate surface area is 101 Å². The third kappa shape index (κ3) is 3.80. The van der Waals surface area contributed by atoms with Gasteiger partial charge in [0.05, 0.1) is 5.02 Å². The van der Waals surface area contributed by atoms with Crippen molar-refractivity contribution in [3.8, 4) is 0 Å². The number of carboxylic acids is 2. The average molecular weight is 261 g/mol. The highest BCUT2D eigenvalue weighted by Crippen LogP contribution is 2.11. The van der Waals surface area contributed by atoms with Crippen molar-refractivity contribution < 1.29 is 24.6 Å². The molecule has 8 heteroatoms. The number of aliphatic carboxylic acids is 2. The summed E-state index contributed by atoms with van der Waals surface area (Å²) < 4.78 is 0. The average Bonchev–Trinajstić information content (AvgIpc) is 2.61. The van der Waals surface area contributed by atoms with E-state index in [1.807, 2.05) is 0 Å². The van der Waals surface area contributed by atoms with Gasteiger partial charge in [0.1, 0.15) is 18.8 Å². The number of rotatable bonds is 5. The van der Waals surface area contributed by atoms with E-state index in [9.17, 15) is 14.4 Å². The van der Waals surface area contributed by atoms with Crippen molar-refractivity contribution in [1.29, 1.82) is 0 Å². The highest BCUT2D eigenvalue weighted by atomic mass is 35.5. The summed E-state index contributed by atoms with van der Waals surface area (Å²) in [6.45, 7) is -1.39. The van der Waals surface area contributed by atoms with Gasteiger partial charge in [0.25, 0.3) is 5.91 Å². The van der Waals surface area contributed by atoms with Crippen LogP contribution in [0.3, 0.4) is 0 Å². The lowest BCUT2D eigenvalue weighted by atomic mass is 10.3. The van der Waals surface area contributed by atoms with Crippen LogP contribution in [0.2, 0.25) is 5.02 Å². The second-order valence-electron chi connectivity index (χ2n) is 3.18. The zero-order valence-corrected chi connectivity index (χ0v) is 9.27. The summed E-state index contributed by atoms with van der Waals surface area (Å²) in [4.78, 5) is 36.0. The van der Waals surface area contributed by atoms with Gasteiger partial charge in [-0.1, -0.05) is 11.6 Å². The molecule has 1 rings (SSSR count). The lowest BCUT2D eigenvalue weighted by Gasteiger charge is -2.17. The van der Waals surface area contributed by atoms with E-state index < -0.39 is 30.9 Å². The van der Waals surface area contributed by atoms with Crippen LogP contribution >= 0.6 is 11.6 Å². The van der Waals surface area contributed by atoms with Crippen molar-refractivity contribution in [2.24, 2.45) is 0 Å². The minimum Gasteiger partial charge on any atom is -0.480 e. The van der Waals surface area contributed by atoms with Crippen LogP contribution in [0, 0.1) is 0 Å². The molecular weight excluding hydrogens is 252 g/mol. The molecule has 0 aliphatic heterocycles. The molecule has 17 heavy (non-hydrogen) atoms. The smallest absolute Gasteiger partial charge is 0.323 e. The Morgan fingerprint density at radius 3 is 2.12 bits per heavy atom. The monoisotopic (exact) mass is 260 g/mol. The molecule has 0 aliphatic rings. The predicted molar refractivity (Wildman–Crippen MR) is 57.0 cm³/mol. The van der Waals surface area contributed by atoms with Gasteiger partial charge in [-0.15, -0.1) is 0 Å². The number of halogens is 1. The number of carboxylic acid groups (broad SMARTS) is 2. The van der Waals surface area contributed by atoms with E-state index in [2.05, 4.69) is 4.98 Å². The van der Waals surface area contributed by atoms with E-state index in [0.29, 0.717) is 4.90 Å². The number of hydrogen-bond acceptors (Lipinski definition) is 3. The Bertz CT molecular complexity index is 440. The first-order valence-corrected chi connectivity index (χ1v) is 4.84. The van der Waals surface area contributed by atoms with E-state index in [1.54, 1.807) is 0 Å². The van der Waals surface area contributed by atoms with Crippen molar-refractivity contribution >= 4 is 29.4 Å². The van der Waals surface area contributed by atoms with Crippen molar-refractivity contribution in [1.82, 2.24) is 9.88 Å². The fourth-order valence-corrected chi connectivity index (χ4v) is 1.35. The zero-order valence-electron chi connectivity index (χ0n) is 8.51. The zero-order chi connectivity index (χ0) is 13.0. The molecule has 0 fully saturated rings. The molecule has 0 unspecified atom stereocenters. The third-order valence-corrected chi connectivity index (χ3v) is 2.04. The Morgan fingerprint density at radius 1 is 1.24 bits per heavy atom. The lowest BCUT2D eigenvalue weighted by Crippen LogP contribution is -2.39. The highest BCUT2D eigenvalue weighted by Gasteiger charge is 2.22. The van der Waals surface area contributed by atoms with Gasteiger partial charge in [0.15, 0.2) is 0 Å². The van der Waals surface area contributed by atoms with Crippen LogP contribution < -0.4 is 0 Å². The van der Waals surface area contributed by atoms with Crippen LogP contribution in [0.1, 0.15) is 10.5 Å². The summed E-state index contributed by atoms with van der Waals surface area (Å²) in [6, 6.07) is 1.29. The van der Waals surface area contributed by atoms with Crippen LogP contribution in [0.4, 0.5) is 0 Å². The molecule has 0 aliphatic carbocycles. The maximum absolute atomic E-state index is 11.7. The van der Waals surface area contributed by atoms with Crippen LogP contribution in [0.25, 0.3) is 0 Å². The van der Waals surface area contributed by atoms with Crippen LogP contribution in [-0.4, -0.2) is 51.0 Å². The van der Waals surface area contributed by atoms with E-state index in [-0.39, 0.29) is 10.7 Å². The standard InChI is InChI=1S/C9H9ClN2O5/c10-5-1-6(11-2-5)9(17)12(3-7(13)14)4-8(15)16/h1-2,11H,3-4H2,(H,13,14)(H,15,16). The number of nitrogens with zero attached hydrogens (tertiary/aromatic N) is 1. The Morgan fingerprint density at radius 2 is 1.76 bits per heavy atom. The van der Waals surface area contributed by atoms with Crippen molar-refractivity contribution in [2.75, 3.05) is 13.1 Å². The van der Waals surface area contributed by atoms with Crippen LogP contribution in [-0.2, 0) is 9.59 Å². The summed E-state index contributed by atoms with van der Waals surface area (Å²) in [5.41, 5.74) is 0.0394. The molecule has 0 atom stereocenters. The molecule has 0 radical (unpaired) electrons. The quantitative estimate of drug-likeness (QED) is 0.704. The first-order chi connectivity index (χ1) is 7.90. The van der Waals surface area contributed by atoms with Gasteiger partial charge < -0.3 is 20.1 Å². The molecule has 1 aromatic rings. The molecule has 1 aromatic heterocycles. The molecular formula is C9H9ClN2O5. The molecule has 1 amide bonds. The number of carbonyl (C=O) groups is 3. The van der Waals surface area contributed by atoms with Gasteiger partial charge in [0, 0.05) is 6.20 Å². The van der Waals surface area contributed by atoms with Gasteiger partial charge in [-0.05, 0) is 6.07 Å². The number of nitrogens with one attached hydrogen (secondary N) is 1. The largest absolute Gasteiger partial charge is 0.480 e. The number of aromatic amines is 1. The van der Waals surface area contributed by atoms with E-state index in [0.717, 1.165) is 0 Å². The topological polar surface area (TPSA) is 111 Å².